The molecule has 0 spiro atoms. The van der Waals surface area contributed by atoms with Crippen molar-refractivity contribution >= 4 is 49.1 Å². The van der Waals surface area contributed by atoms with Gasteiger partial charge in [-0.25, -0.2) is 14.2 Å². The van der Waals surface area contributed by atoms with E-state index >= 15 is 0 Å². The molecule has 4 aromatic rings. The molecule has 0 fully saturated rings. The normalized spacial score (nSPS) is 11.5. The Hall–Kier alpha value is -2.25. The Morgan fingerprint density at radius 3 is 2.90 bits per heavy atom. The molecule has 4 nitrogen and oxygen atoms in total. The highest BCUT2D eigenvalue weighted by atomic mass is 32.1. The Kier molecular flexibility index (Phi) is 2.60. The van der Waals surface area contributed by atoms with Crippen molar-refractivity contribution in [2.45, 2.75) is 0 Å². The summed E-state index contributed by atoms with van der Waals surface area (Å²) >= 11 is 3.24. The maximum Gasteiger partial charge on any atom is 0.338 e. The minimum absolute atomic E-state index is 0.368. The van der Waals surface area contributed by atoms with Crippen molar-refractivity contribution < 1.29 is 14.3 Å². The molecule has 0 saturated heterocycles. The number of benzene rings is 1. The van der Waals surface area contributed by atoms with E-state index in [0.29, 0.717) is 16.9 Å². The first-order valence-electron chi connectivity index (χ1n) is 6.02. The Bertz CT molecular complexity index is 971. The highest BCUT2D eigenvalue weighted by Gasteiger charge is 2.15. The average molecular weight is 318 g/mol. The van der Waals surface area contributed by atoms with Crippen LogP contribution < -0.4 is 0 Å². The molecule has 3 aromatic heterocycles. The molecule has 0 atom stereocenters. The highest BCUT2D eigenvalue weighted by Crippen LogP contribution is 2.35. The average Bonchev–Trinajstić information content (AvgIpc) is 3.09. The zero-order chi connectivity index (χ0) is 14.6. The lowest BCUT2D eigenvalue weighted by Crippen LogP contribution is -1.99. The van der Waals surface area contributed by atoms with Crippen molar-refractivity contribution in [3.05, 3.63) is 41.0 Å². The highest BCUT2D eigenvalue weighted by molar-refractivity contribution is 7.28. The van der Waals surface area contributed by atoms with Crippen LogP contribution in [0.3, 0.4) is 0 Å². The zero-order valence-corrected chi connectivity index (χ0v) is 12.0. The second-order valence-electron chi connectivity index (χ2n) is 4.50. The molecule has 0 aliphatic rings. The number of nitrogens with one attached hydrogen (secondary N) is 1. The van der Waals surface area contributed by atoms with Gasteiger partial charge in [-0.1, -0.05) is 0 Å². The Morgan fingerprint density at radius 2 is 2.14 bits per heavy atom. The number of carboxylic acid groups (broad SMARTS) is 1. The van der Waals surface area contributed by atoms with Crippen molar-refractivity contribution in [2.75, 3.05) is 0 Å². The number of halogens is 1. The van der Waals surface area contributed by atoms with Gasteiger partial charge in [0.15, 0.2) is 0 Å². The van der Waals surface area contributed by atoms with Crippen LogP contribution in [0.1, 0.15) is 10.4 Å². The van der Waals surface area contributed by atoms with Gasteiger partial charge >= 0.3 is 5.97 Å². The molecule has 0 aliphatic heterocycles. The van der Waals surface area contributed by atoms with Gasteiger partial charge in [0.1, 0.15) is 11.6 Å². The summed E-state index contributed by atoms with van der Waals surface area (Å²) in [5.74, 6) is -1.44. The van der Waals surface area contributed by atoms with Crippen LogP contribution in [0.4, 0.5) is 4.39 Å². The number of nitrogens with zero attached hydrogens (tertiary/aromatic N) is 1. The number of rotatable bonds is 2. The van der Waals surface area contributed by atoms with Gasteiger partial charge in [0.25, 0.3) is 0 Å². The van der Waals surface area contributed by atoms with Crippen molar-refractivity contribution in [1.29, 1.82) is 0 Å². The van der Waals surface area contributed by atoms with E-state index in [4.69, 9.17) is 5.11 Å². The SMILES string of the molecule is O=C(O)c1cc2nc(-c3cc4sccc4s3)[nH]c2cc1F. The maximum absolute atomic E-state index is 13.7. The number of aromatic amines is 1. The van der Waals surface area contributed by atoms with Gasteiger partial charge in [-0.15, -0.1) is 22.7 Å². The molecule has 0 amide bonds. The monoisotopic (exact) mass is 318 g/mol. The van der Waals surface area contributed by atoms with E-state index < -0.39 is 11.8 Å². The number of fused-ring (bicyclic) bond motifs is 2. The molecule has 2 N–H and O–H groups in total. The summed E-state index contributed by atoms with van der Waals surface area (Å²) in [6, 6.07) is 6.49. The second-order valence-corrected chi connectivity index (χ2v) is 6.53. The summed E-state index contributed by atoms with van der Waals surface area (Å²) in [5.41, 5.74) is 0.567. The fraction of sp³-hybridized carbons (Fsp3) is 0. The number of carboxylic acids is 1. The molecule has 0 saturated carbocycles. The third kappa shape index (κ3) is 1.93. The fourth-order valence-electron chi connectivity index (χ4n) is 2.19. The Balaban J connectivity index is 1.90. The van der Waals surface area contributed by atoms with Crippen LogP contribution in [0, 0.1) is 5.82 Å². The molecule has 104 valence electrons. The van der Waals surface area contributed by atoms with Crippen molar-refractivity contribution in [2.24, 2.45) is 0 Å². The van der Waals surface area contributed by atoms with Crippen LogP contribution >= 0.6 is 22.7 Å². The van der Waals surface area contributed by atoms with Crippen LogP contribution in [0.25, 0.3) is 31.1 Å². The molecule has 7 heteroatoms. The van der Waals surface area contributed by atoms with E-state index in [1.165, 1.54) is 21.5 Å². The van der Waals surface area contributed by atoms with Gasteiger partial charge < -0.3 is 10.1 Å². The molecule has 0 radical (unpaired) electrons. The quantitative estimate of drug-likeness (QED) is 0.577. The lowest BCUT2D eigenvalue weighted by molar-refractivity contribution is 0.0692. The molecule has 0 aliphatic carbocycles. The van der Waals surface area contributed by atoms with E-state index in [1.54, 1.807) is 22.7 Å². The third-order valence-corrected chi connectivity index (χ3v) is 5.27. The van der Waals surface area contributed by atoms with Gasteiger partial charge in [-0.3, -0.25) is 0 Å². The predicted molar refractivity (Wildman–Crippen MR) is 81.7 cm³/mol. The standard InChI is InChI=1S/C14H7FN2O2S2/c15-7-4-9-8(3-6(7)14(18)19)16-13(17-9)12-5-11-10(21-12)1-2-20-11/h1-5H,(H,16,17)(H,18,19). The molecular weight excluding hydrogens is 311 g/mol. The number of imidazole rings is 1. The first kappa shape index (κ1) is 12.5. The molecule has 0 bridgehead atoms. The van der Waals surface area contributed by atoms with Crippen LogP contribution in [0.15, 0.2) is 29.6 Å². The first-order valence-corrected chi connectivity index (χ1v) is 7.71. The number of aromatic nitrogens is 2. The number of carbonyl (C=O) groups is 1. The summed E-state index contributed by atoms with van der Waals surface area (Å²) in [7, 11) is 0. The van der Waals surface area contributed by atoms with E-state index in [-0.39, 0.29) is 5.56 Å². The summed E-state index contributed by atoms with van der Waals surface area (Å²) in [4.78, 5) is 19.3. The molecule has 3 heterocycles. The van der Waals surface area contributed by atoms with E-state index in [2.05, 4.69) is 9.97 Å². The largest absolute Gasteiger partial charge is 0.478 e. The van der Waals surface area contributed by atoms with E-state index in [9.17, 15) is 9.18 Å². The minimum atomic E-state index is -1.30. The minimum Gasteiger partial charge on any atom is -0.478 e. The lowest BCUT2D eigenvalue weighted by Gasteiger charge is -1.95. The Labute approximate surface area is 125 Å². The molecule has 1 aromatic carbocycles. The fourth-order valence-corrected chi connectivity index (χ4v) is 4.25. The summed E-state index contributed by atoms with van der Waals surface area (Å²) in [5, 5.41) is 11.0. The first-order chi connectivity index (χ1) is 10.1. The van der Waals surface area contributed by atoms with Gasteiger partial charge in [0, 0.05) is 15.5 Å². The van der Waals surface area contributed by atoms with Crippen molar-refractivity contribution in [1.82, 2.24) is 9.97 Å². The summed E-state index contributed by atoms with van der Waals surface area (Å²) in [6.07, 6.45) is 0. The lowest BCUT2D eigenvalue weighted by atomic mass is 10.2. The van der Waals surface area contributed by atoms with Crippen molar-refractivity contribution in [3.8, 4) is 10.7 Å². The van der Waals surface area contributed by atoms with Gasteiger partial charge in [0.05, 0.1) is 21.5 Å². The third-order valence-electron chi connectivity index (χ3n) is 3.17. The summed E-state index contributed by atoms with van der Waals surface area (Å²) < 4.78 is 16.0. The second kappa shape index (κ2) is 4.37. The number of hydrogen-bond acceptors (Lipinski definition) is 4. The maximum atomic E-state index is 13.7. The van der Waals surface area contributed by atoms with Crippen LogP contribution in [0.2, 0.25) is 0 Å². The predicted octanol–water partition coefficient (Wildman–Crippen LogP) is 4.34. The van der Waals surface area contributed by atoms with E-state index in [0.717, 1.165) is 4.88 Å². The Morgan fingerprint density at radius 1 is 1.29 bits per heavy atom. The van der Waals surface area contributed by atoms with E-state index in [1.807, 2.05) is 17.5 Å². The molecule has 21 heavy (non-hydrogen) atoms. The molecule has 0 unspecified atom stereocenters. The van der Waals surface area contributed by atoms with Crippen LogP contribution in [-0.2, 0) is 0 Å². The summed E-state index contributed by atoms with van der Waals surface area (Å²) in [6.45, 7) is 0. The van der Waals surface area contributed by atoms with Crippen molar-refractivity contribution in [3.63, 3.8) is 0 Å². The number of thiophene rings is 2. The molecule has 4 rings (SSSR count). The van der Waals surface area contributed by atoms with Crippen LogP contribution in [0.5, 0.6) is 0 Å². The number of aromatic carboxylic acids is 1. The zero-order valence-electron chi connectivity index (χ0n) is 10.4. The number of H-pyrrole nitrogens is 1. The topological polar surface area (TPSA) is 66.0 Å². The van der Waals surface area contributed by atoms with Gasteiger partial charge in [-0.2, -0.15) is 0 Å². The number of hydrogen-bond donors (Lipinski definition) is 2. The van der Waals surface area contributed by atoms with Crippen LogP contribution in [-0.4, -0.2) is 21.0 Å². The van der Waals surface area contributed by atoms with Gasteiger partial charge in [-0.05, 0) is 23.6 Å². The molecular formula is C14H7FN2O2S2. The smallest absolute Gasteiger partial charge is 0.338 e. The van der Waals surface area contributed by atoms with Gasteiger partial charge in [0.2, 0.25) is 0 Å².